The minimum atomic E-state index is -0.246. The zero-order valence-electron chi connectivity index (χ0n) is 13.1. The number of fused-ring (bicyclic) bond motifs is 1. The standard InChI is InChI=1S/C16H20N4O3/c1-2-23-15(21)10-12-5-3-4-8-20(12)16(22)11-6-7-13-14(9-11)18-19-17-13/h6-7,9,12H,2-5,8,10H2,1H3,(H,17,18,19)/t12-/m1/s1. The average molecular weight is 316 g/mol. The first-order valence-electron chi connectivity index (χ1n) is 7.96. The van der Waals surface area contributed by atoms with Crippen molar-refractivity contribution in [1.82, 2.24) is 20.3 Å². The summed E-state index contributed by atoms with van der Waals surface area (Å²) in [7, 11) is 0. The zero-order chi connectivity index (χ0) is 16.2. The number of amides is 1. The average Bonchev–Trinajstić information content (AvgIpc) is 3.02. The van der Waals surface area contributed by atoms with E-state index >= 15 is 0 Å². The number of hydrogen-bond donors (Lipinski definition) is 1. The second-order valence-electron chi connectivity index (χ2n) is 5.68. The lowest BCUT2D eigenvalue weighted by molar-refractivity contribution is -0.144. The predicted octanol–water partition coefficient (Wildman–Crippen LogP) is 1.91. The van der Waals surface area contributed by atoms with Crippen molar-refractivity contribution in [2.45, 2.75) is 38.6 Å². The molecule has 0 saturated carbocycles. The molecule has 122 valence electrons. The van der Waals surface area contributed by atoms with Gasteiger partial charge in [0.25, 0.3) is 5.91 Å². The number of benzene rings is 1. The van der Waals surface area contributed by atoms with Crippen LogP contribution in [0.15, 0.2) is 18.2 Å². The highest BCUT2D eigenvalue weighted by molar-refractivity contribution is 5.97. The van der Waals surface area contributed by atoms with Crippen molar-refractivity contribution in [2.75, 3.05) is 13.2 Å². The minimum absolute atomic E-state index is 0.0658. The van der Waals surface area contributed by atoms with E-state index in [1.807, 2.05) is 0 Å². The molecule has 2 heterocycles. The molecule has 3 rings (SSSR count). The summed E-state index contributed by atoms with van der Waals surface area (Å²) < 4.78 is 5.03. The molecule has 7 nitrogen and oxygen atoms in total. The van der Waals surface area contributed by atoms with Gasteiger partial charge in [-0.15, -0.1) is 0 Å². The molecule has 23 heavy (non-hydrogen) atoms. The van der Waals surface area contributed by atoms with Gasteiger partial charge in [0.2, 0.25) is 0 Å². The summed E-state index contributed by atoms with van der Waals surface area (Å²) in [5.74, 6) is -0.312. The summed E-state index contributed by atoms with van der Waals surface area (Å²) in [6.45, 7) is 2.82. The fraction of sp³-hybridized carbons (Fsp3) is 0.500. The maximum Gasteiger partial charge on any atom is 0.307 e. The lowest BCUT2D eigenvalue weighted by atomic mass is 9.98. The highest BCUT2D eigenvalue weighted by Gasteiger charge is 2.29. The Labute approximate surface area is 134 Å². The van der Waals surface area contributed by atoms with Crippen molar-refractivity contribution in [2.24, 2.45) is 0 Å². The van der Waals surface area contributed by atoms with Crippen molar-refractivity contribution in [3.8, 4) is 0 Å². The third-order valence-electron chi connectivity index (χ3n) is 4.16. The number of aromatic nitrogens is 3. The number of carbonyl (C=O) groups excluding carboxylic acids is 2. The number of rotatable bonds is 4. The summed E-state index contributed by atoms with van der Waals surface area (Å²) in [5, 5.41) is 10.5. The summed E-state index contributed by atoms with van der Waals surface area (Å²) in [6.07, 6.45) is 3.07. The number of nitrogens with zero attached hydrogens (tertiary/aromatic N) is 3. The van der Waals surface area contributed by atoms with Crippen LogP contribution < -0.4 is 0 Å². The highest BCUT2D eigenvalue weighted by atomic mass is 16.5. The molecule has 1 aliphatic heterocycles. The number of aromatic amines is 1. The molecule has 0 bridgehead atoms. The molecular weight excluding hydrogens is 296 g/mol. The molecule has 1 atom stereocenters. The van der Waals surface area contributed by atoms with Crippen LogP contribution in [-0.2, 0) is 9.53 Å². The lowest BCUT2D eigenvalue weighted by Gasteiger charge is -2.35. The minimum Gasteiger partial charge on any atom is -0.466 e. The Kier molecular flexibility index (Phi) is 4.55. The molecular formula is C16H20N4O3. The van der Waals surface area contributed by atoms with Crippen molar-refractivity contribution in [3.63, 3.8) is 0 Å². The Morgan fingerprint density at radius 3 is 2.96 bits per heavy atom. The molecule has 0 unspecified atom stereocenters. The van der Waals surface area contributed by atoms with E-state index in [-0.39, 0.29) is 24.3 Å². The molecule has 1 N–H and O–H groups in total. The molecule has 0 spiro atoms. The van der Waals surface area contributed by atoms with Crippen molar-refractivity contribution in [1.29, 1.82) is 0 Å². The smallest absolute Gasteiger partial charge is 0.307 e. The van der Waals surface area contributed by atoms with Gasteiger partial charge >= 0.3 is 5.97 Å². The van der Waals surface area contributed by atoms with Crippen LogP contribution in [0.1, 0.15) is 43.0 Å². The number of carbonyl (C=O) groups is 2. The molecule has 7 heteroatoms. The highest BCUT2D eigenvalue weighted by Crippen LogP contribution is 2.23. The van der Waals surface area contributed by atoms with Gasteiger partial charge in [-0.05, 0) is 44.4 Å². The Bertz CT molecular complexity index is 712. The van der Waals surface area contributed by atoms with Gasteiger partial charge in [-0.1, -0.05) is 0 Å². The summed E-state index contributed by atoms with van der Waals surface area (Å²) in [6, 6.07) is 5.17. The van der Waals surface area contributed by atoms with E-state index < -0.39 is 0 Å². The molecule has 1 aromatic heterocycles. The second kappa shape index (κ2) is 6.76. The first-order chi connectivity index (χ1) is 11.2. The third-order valence-corrected chi connectivity index (χ3v) is 4.16. The SMILES string of the molecule is CCOC(=O)C[C@H]1CCCCN1C(=O)c1ccc2n[nH]nc2c1. The Balaban J connectivity index is 1.78. The van der Waals surface area contributed by atoms with E-state index in [2.05, 4.69) is 15.4 Å². The van der Waals surface area contributed by atoms with Gasteiger partial charge in [0.05, 0.1) is 13.0 Å². The molecule has 1 fully saturated rings. The van der Waals surface area contributed by atoms with Gasteiger partial charge in [0.1, 0.15) is 11.0 Å². The number of hydrogen-bond acceptors (Lipinski definition) is 5. The largest absolute Gasteiger partial charge is 0.466 e. The Morgan fingerprint density at radius 2 is 2.13 bits per heavy atom. The zero-order valence-corrected chi connectivity index (χ0v) is 13.1. The summed E-state index contributed by atoms with van der Waals surface area (Å²) in [4.78, 5) is 26.4. The van der Waals surface area contributed by atoms with Crippen molar-refractivity contribution in [3.05, 3.63) is 23.8 Å². The predicted molar refractivity (Wildman–Crippen MR) is 83.8 cm³/mol. The Morgan fingerprint density at radius 1 is 1.30 bits per heavy atom. The lowest BCUT2D eigenvalue weighted by Crippen LogP contribution is -2.45. The monoisotopic (exact) mass is 316 g/mol. The molecule has 0 radical (unpaired) electrons. The maximum absolute atomic E-state index is 12.8. The number of ether oxygens (including phenoxy) is 1. The van der Waals surface area contributed by atoms with Gasteiger partial charge in [-0.3, -0.25) is 9.59 Å². The van der Waals surface area contributed by atoms with Crippen LogP contribution in [0.5, 0.6) is 0 Å². The topological polar surface area (TPSA) is 88.2 Å². The van der Waals surface area contributed by atoms with Gasteiger partial charge < -0.3 is 9.64 Å². The molecule has 0 aliphatic carbocycles. The first kappa shape index (κ1) is 15.5. The number of H-pyrrole nitrogens is 1. The quantitative estimate of drug-likeness (QED) is 0.870. The van der Waals surface area contributed by atoms with Crippen LogP contribution in [0.25, 0.3) is 11.0 Å². The molecule has 1 saturated heterocycles. The van der Waals surface area contributed by atoms with Crippen molar-refractivity contribution < 1.29 is 14.3 Å². The van der Waals surface area contributed by atoms with Crippen molar-refractivity contribution >= 4 is 22.9 Å². The van der Waals surface area contributed by atoms with Gasteiger partial charge in [-0.25, -0.2) is 0 Å². The van der Waals surface area contributed by atoms with Crippen LogP contribution in [0.3, 0.4) is 0 Å². The second-order valence-corrected chi connectivity index (χ2v) is 5.68. The van der Waals surface area contributed by atoms with E-state index in [4.69, 9.17) is 4.74 Å². The fourth-order valence-corrected chi connectivity index (χ4v) is 3.03. The molecule has 1 aliphatic rings. The van der Waals surface area contributed by atoms with E-state index in [0.29, 0.717) is 24.2 Å². The summed E-state index contributed by atoms with van der Waals surface area (Å²) >= 11 is 0. The van der Waals surface area contributed by atoms with Gasteiger partial charge in [-0.2, -0.15) is 15.4 Å². The molecule has 1 amide bonds. The normalized spacial score (nSPS) is 18.1. The van der Waals surface area contributed by atoms with E-state index in [1.165, 1.54) is 0 Å². The van der Waals surface area contributed by atoms with Crippen LogP contribution in [0.4, 0.5) is 0 Å². The number of piperidine rings is 1. The number of nitrogens with one attached hydrogen (secondary N) is 1. The first-order valence-corrected chi connectivity index (χ1v) is 7.96. The van der Waals surface area contributed by atoms with Crippen LogP contribution in [-0.4, -0.2) is 51.4 Å². The van der Waals surface area contributed by atoms with E-state index in [1.54, 1.807) is 30.0 Å². The van der Waals surface area contributed by atoms with Crippen LogP contribution in [0.2, 0.25) is 0 Å². The fourth-order valence-electron chi connectivity index (χ4n) is 3.03. The molecule has 2 aromatic rings. The number of likely N-dealkylation sites (tertiary alicyclic amines) is 1. The third kappa shape index (κ3) is 3.33. The van der Waals surface area contributed by atoms with Gasteiger partial charge in [0.15, 0.2) is 0 Å². The van der Waals surface area contributed by atoms with Crippen LogP contribution >= 0.6 is 0 Å². The van der Waals surface area contributed by atoms with Crippen LogP contribution in [0, 0.1) is 0 Å². The summed E-state index contributed by atoms with van der Waals surface area (Å²) in [5.41, 5.74) is 1.96. The van der Waals surface area contributed by atoms with E-state index in [0.717, 1.165) is 24.8 Å². The van der Waals surface area contributed by atoms with Gasteiger partial charge in [0, 0.05) is 18.2 Å². The van der Waals surface area contributed by atoms with E-state index in [9.17, 15) is 9.59 Å². The number of esters is 1. The Hall–Kier alpha value is -2.44. The maximum atomic E-state index is 12.8. The molecule has 1 aromatic carbocycles.